The number of nitrogens with zero attached hydrogens (tertiary/aromatic N) is 4. The summed E-state index contributed by atoms with van der Waals surface area (Å²) in [6.45, 7) is 2.36. The Balaban J connectivity index is 0.00000272. The van der Waals surface area contributed by atoms with E-state index < -0.39 is 19.5 Å². The molecule has 0 aliphatic carbocycles. The molecule has 3 atom stereocenters. The Kier molecular flexibility index (Phi) is 7.51. The quantitative estimate of drug-likeness (QED) is 0.505. The van der Waals surface area contributed by atoms with Crippen LogP contribution in [0.15, 0.2) is 30.9 Å². The fourth-order valence-corrected chi connectivity index (χ4v) is 5.00. The zero-order valence-corrected chi connectivity index (χ0v) is 18.9. The summed E-state index contributed by atoms with van der Waals surface area (Å²) in [7, 11) is -3.57. The molecule has 1 aliphatic rings. The van der Waals surface area contributed by atoms with E-state index in [0.29, 0.717) is 35.0 Å². The van der Waals surface area contributed by atoms with Crippen LogP contribution in [0.3, 0.4) is 0 Å². The van der Waals surface area contributed by atoms with Gasteiger partial charge in [0.25, 0.3) is 0 Å². The standard InChI is InChI=1S/C18H20ClFN5O4P.ClH/c1-11(7-25-9-24-16-17(21)22-8-23-18(16)25)27-10-30(26)28-5-4-15(29-30)13-6-12(19)2-3-14(13)20;/h2-3,6,8-9,11,15H,4-5,7,10H2,1H3,(H2,21,22,23);1H/t11-,15+,30-;/m1./s1. The number of aromatic nitrogens is 4. The molecule has 9 nitrogen and oxygen atoms in total. The van der Waals surface area contributed by atoms with E-state index in [9.17, 15) is 8.96 Å². The highest BCUT2D eigenvalue weighted by atomic mass is 35.5. The van der Waals surface area contributed by atoms with E-state index in [4.69, 9.17) is 31.1 Å². The average molecular weight is 492 g/mol. The normalized spacial score (nSPS) is 22.2. The zero-order valence-electron chi connectivity index (χ0n) is 16.5. The highest BCUT2D eigenvalue weighted by molar-refractivity contribution is 7.53. The molecule has 3 heterocycles. The molecule has 0 radical (unpaired) electrons. The Bertz CT molecular complexity index is 1120. The summed E-state index contributed by atoms with van der Waals surface area (Å²) < 4.78 is 45.6. The van der Waals surface area contributed by atoms with Gasteiger partial charge in [0.05, 0.1) is 31.7 Å². The van der Waals surface area contributed by atoms with Crippen LogP contribution in [0, 0.1) is 5.82 Å². The lowest BCUT2D eigenvalue weighted by Crippen LogP contribution is -2.21. The van der Waals surface area contributed by atoms with E-state index in [0.717, 1.165) is 0 Å². The van der Waals surface area contributed by atoms with E-state index in [-0.39, 0.29) is 37.0 Å². The Morgan fingerprint density at radius 3 is 3.03 bits per heavy atom. The third-order valence-electron chi connectivity index (χ3n) is 4.66. The molecule has 4 rings (SSSR count). The van der Waals surface area contributed by atoms with E-state index in [1.807, 2.05) is 0 Å². The minimum Gasteiger partial charge on any atom is -0.382 e. The number of halogens is 3. The number of benzene rings is 1. The first-order valence-corrected chi connectivity index (χ1v) is 11.3. The van der Waals surface area contributed by atoms with Crippen LogP contribution in [0.1, 0.15) is 25.0 Å². The number of anilines is 1. The van der Waals surface area contributed by atoms with Crippen molar-refractivity contribution < 1.29 is 22.7 Å². The molecule has 0 spiro atoms. The van der Waals surface area contributed by atoms with E-state index >= 15 is 0 Å². The fraction of sp³-hybridized carbons (Fsp3) is 0.389. The largest absolute Gasteiger partial charge is 0.382 e. The molecule has 0 unspecified atom stereocenters. The summed E-state index contributed by atoms with van der Waals surface area (Å²) in [4.78, 5) is 12.3. The predicted molar refractivity (Wildman–Crippen MR) is 116 cm³/mol. The minimum absolute atomic E-state index is 0. The van der Waals surface area contributed by atoms with Crippen molar-refractivity contribution in [2.45, 2.75) is 32.1 Å². The van der Waals surface area contributed by atoms with Crippen molar-refractivity contribution >= 4 is 48.6 Å². The first-order valence-electron chi connectivity index (χ1n) is 9.24. The molecule has 1 aromatic carbocycles. The van der Waals surface area contributed by atoms with Crippen LogP contribution in [0.4, 0.5) is 10.2 Å². The summed E-state index contributed by atoms with van der Waals surface area (Å²) in [5, 5.41) is 0.373. The van der Waals surface area contributed by atoms with Crippen molar-refractivity contribution in [1.29, 1.82) is 0 Å². The predicted octanol–water partition coefficient (Wildman–Crippen LogP) is 4.36. The van der Waals surface area contributed by atoms with Crippen LogP contribution >= 0.6 is 31.6 Å². The number of rotatable bonds is 6. The minimum atomic E-state index is -3.57. The van der Waals surface area contributed by atoms with Crippen LogP contribution in [0.5, 0.6) is 0 Å². The van der Waals surface area contributed by atoms with Gasteiger partial charge in [0.1, 0.15) is 24.0 Å². The van der Waals surface area contributed by atoms with Crippen LogP contribution in [0.2, 0.25) is 5.02 Å². The van der Waals surface area contributed by atoms with Crippen molar-refractivity contribution in [3.63, 3.8) is 0 Å². The van der Waals surface area contributed by atoms with Gasteiger partial charge in [-0.1, -0.05) is 11.6 Å². The number of ether oxygens (including phenoxy) is 1. The maximum absolute atomic E-state index is 14.2. The lowest BCUT2D eigenvalue weighted by atomic mass is 10.1. The van der Waals surface area contributed by atoms with Gasteiger partial charge in [0, 0.05) is 17.0 Å². The molecule has 0 bridgehead atoms. The van der Waals surface area contributed by atoms with Gasteiger partial charge in [0.15, 0.2) is 11.5 Å². The Morgan fingerprint density at radius 2 is 2.23 bits per heavy atom. The third kappa shape index (κ3) is 5.34. The van der Waals surface area contributed by atoms with Crippen molar-refractivity contribution in [3.8, 4) is 0 Å². The Morgan fingerprint density at radius 1 is 1.42 bits per heavy atom. The van der Waals surface area contributed by atoms with Crippen LogP contribution < -0.4 is 5.73 Å². The van der Waals surface area contributed by atoms with Gasteiger partial charge in [-0.15, -0.1) is 12.4 Å². The first-order chi connectivity index (χ1) is 14.3. The van der Waals surface area contributed by atoms with Crippen LogP contribution in [0.25, 0.3) is 11.2 Å². The zero-order chi connectivity index (χ0) is 21.3. The fourth-order valence-electron chi connectivity index (χ4n) is 3.20. The van der Waals surface area contributed by atoms with Crippen LogP contribution in [-0.2, 0) is 24.9 Å². The molecule has 31 heavy (non-hydrogen) atoms. The highest BCUT2D eigenvalue weighted by Crippen LogP contribution is 2.56. The molecule has 0 saturated carbocycles. The maximum Gasteiger partial charge on any atom is 0.356 e. The third-order valence-corrected chi connectivity index (χ3v) is 6.51. The monoisotopic (exact) mass is 491 g/mol. The number of fused-ring (bicyclic) bond motifs is 1. The van der Waals surface area contributed by atoms with E-state index in [1.165, 1.54) is 24.5 Å². The highest BCUT2D eigenvalue weighted by Gasteiger charge is 2.36. The van der Waals surface area contributed by atoms with E-state index in [2.05, 4.69) is 15.0 Å². The van der Waals surface area contributed by atoms with Gasteiger partial charge in [-0.25, -0.2) is 19.3 Å². The van der Waals surface area contributed by atoms with Crippen molar-refractivity contribution in [1.82, 2.24) is 19.5 Å². The number of imidazole rings is 1. The number of nitrogen functional groups attached to an aromatic ring is 1. The SMILES string of the molecule is C[C@H](Cn1cnc2c(N)ncnc21)OC[P@@]1(=O)OCC[C@@H](c2cc(Cl)ccc2F)O1.Cl. The summed E-state index contributed by atoms with van der Waals surface area (Å²) in [6.07, 6.45) is 1.95. The van der Waals surface area contributed by atoms with Gasteiger partial charge in [0.2, 0.25) is 0 Å². The van der Waals surface area contributed by atoms with Gasteiger partial charge < -0.3 is 19.6 Å². The molecular weight excluding hydrogens is 471 g/mol. The molecule has 2 N–H and O–H groups in total. The molecule has 0 amide bonds. The summed E-state index contributed by atoms with van der Waals surface area (Å²) in [5.74, 6) is -0.180. The summed E-state index contributed by atoms with van der Waals surface area (Å²) in [6, 6.07) is 4.17. The molecule has 3 aromatic rings. The molecule has 1 fully saturated rings. The van der Waals surface area contributed by atoms with Gasteiger partial charge in [-0.05, 0) is 25.1 Å². The molecule has 1 saturated heterocycles. The van der Waals surface area contributed by atoms with Crippen LogP contribution in [-0.4, -0.2) is 38.6 Å². The number of hydrogen-bond acceptors (Lipinski definition) is 8. The number of hydrogen-bond donors (Lipinski definition) is 1. The van der Waals surface area contributed by atoms with E-state index in [1.54, 1.807) is 17.8 Å². The topological polar surface area (TPSA) is 114 Å². The second kappa shape index (κ2) is 9.77. The van der Waals surface area contributed by atoms with Gasteiger partial charge in [-0.2, -0.15) is 0 Å². The number of nitrogens with two attached hydrogens (primary N) is 1. The van der Waals surface area contributed by atoms with Gasteiger partial charge >= 0.3 is 7.60 Å². The maximum atomic E-state index is 14.2. The van der Waals surface area contributed by atoms with Crippen molar-refractivity contribution in [2.24, 2.45) is 0 Å². The average Bonchev–Trinajstić information content (AvgIpc) is 3.12. The first kappa shape index (κ1) is 23.8. The summed E-state index contributed by atoms with van der Waals surface area (Å²) in [5.41, 5.74) is 7.12. The molecule has 2 aromatic heterocycles. The molecule has 13 heteroatoms. The lowest BCUT2D eigenvalue weighted by Gasteiger charge is -2.30. The lowest BCUT2D eigenvalue weighted by molar-refractivity contribution is 0.0331. The van der Waals surface area contributed by atoms with Crippen molar-refractivity contribution in [2.75, 3.05) is 18.7 Å². The smallest absolute Gasteiger partial charge is 0.356 e. The molecule has 1 aliphatic heterocycles. The second-order valence-electron chi connectivity index (χ2n) is 6.93. The summed E-state index contributed by atoms with van der Waals surface area (Å²) >= 11 is 5.96. The molecular formula is C18H21Cl2FN5O4P. The van der Waals surface area contributed by atoms with Crippen molar-refractivity contribution in [3.05, 3.63) is 47.3 Å². The second-order valence-corrected chi connectivity index (χ2v) is 9.31. The Hall–Kier alpha value is -1.81. The Labute approximate surface area is 189 Å². The van der Waals surface area contributed by atoms with Gasteiger partial charge in [-0.3, -0.25) is 9.09 Å². The molecule has 168 valence electrons.